The summed E-state index contributed by atoms with van der Waals surface area (Å²) in [5.41, 5.74) is 7.36. The number of benzene rings is 2. The normalized spacial score (nSPS) is 11.1. The lowest BCUT2D eigenvalue weighted by molar-refractivity contribution is 0.101. The Morgan fingerprint density at radius 1 is 1.00 bits per heavy atom. The number of hydrogen-bond donors (Lipinski definition) is 1. The zero-order chi connectivity index (χ0) is 21.1. The van der Waals surface area contributed by atoms with Gasteiger partial charge < -0.3 is 14.8 Å². The topological polar surface area (TPSA) is 37.3 Å². The van der Waals surface area contributed by atoms with Crippen LogP contribution in [0.15, 0.2) is 36.4 Å². The van der Waals surface area contributed by atoms with Crippen molar-refractivity contribution in [2.75, 3.05) is 23.3 Å². The molecule has 0 saturated heterocycles. The van der Waals surface area contributed by atoms with E-state index in [-0.39, 0.29) is 5.91 Å². The van der Waals surface area contributed by atoms with E-state index in [0.717, 1.165) is 54.1 Å². The predicted molar refractivity (Wildman–Crippen MR) is 124 cm³/mol. The van der Waals surface area contributed by atoms with Crippen molar-refractivity contribution in [2.45, 2.75) is 54.5 Å². The van der Waals surface area contributed by atoms with E-state index in [0.29, 0.717) is 0 Å². The molecule has 0 aliphatic heterocycles. The Bertz CT molecular complexity index is 1030. The Morgan fingerprint density at radius 2 is 1.72 bits per heavy atom. The minimum absolute atomic E-state index is 0.0442. The number of anilines is 2. The average molecular weight is 392 g/mol. The fourth-order valence-corrected chi connectivity index (χ4v) is 4.17. The van der Waals surface area contributed by atoms with Crippen molar-refractivity contribution in [2.24, 2.45) is 0 Å². The van der Waals surface area contributed by atoms with E-state index in [2.05, 4.69) is 86.7 Å². The first-order chi connectivity index (χ1) is 13.9. The Hall–Kier alpha value is -2.75. The highest BCUT2D eigenvalue weighted by molar-refractivity contribution is 6.08. The van der Waals surface area contributed by atoms with Crippen LogP contribution in [0.2, 0.25) is 0 Å². The summed E-state index contributed by atoms with van der Waals surface area (Å²) in [4.78, 5) is 15.6. The summed E-state index contributed by atoms with van der Waals surface area (Å²) in [7, 11) is 0. The molecule has 0 unspecified atom stereocenters. The van der Waals surface area contributed by atoms with Crippen molar-refractivity contribution in [1.82, 2.24) is 4.57 Å². The molecule has 0 fully saturated rings. The minimum atomic E-state index is -0.0442. The monoisotopic (exact) mass is 391 g/mol. The molecule has 0 saturated carbocycles. The van der Waals surface area contributed by atoms with E-state index in [1.165, 1.54) is 16.6 Å². The van der Waals surface area contributed by atoms with Gasteiger partial charge in [-0.2, -0.15) is 0 Å². The molecular weight excluding hydrogens is 358 g/mol. The number of aryl methyl sites for hydroxylation is 4. The molecule has 0 bridgehead atoms. The highest BCUT2D eigenvalue weighted by atomic mass is 16.2. The number of nitrogens with one attached hydrogen (secondary N) is 1. The van der Waals surface area contributed by atoms with Crippen molar-refractivity contribution in [1.29, 1.82) is 0 Å². The molecule has 1 N–H and O–H groups in total. The van der Waals surface area contributed by atoms with Crippen LogP contribution in [0, 0.1) is 13.8 Å². The number of amides is 1. The van der Waals surface area contributed by atoms with Crippen LogP contribution in [0.5, 0.6) is 0 Å². The Labute approximate surface area is 174 Å². The highest BCUT2D eigenvalue weighted by Gasteiger charge is 2.20. The maximum Gasteiger partial charge on any atom is 0.272 e. The average Bonchev–Trinajstić information content (AvgIpc) is 3.02. The molecule has 29 heavy (non-hydrogen) atoms. The molecule has 3 aromatic rings. The predicted octanol–water partition coefficient (Wildman–Crippen LogP) is 5.94. The molecule has 0 atom stereocenters. The molecule has 0 spiro atoms. The Balaban J connectivity index is 1.97. The van der Waals surface area contributed by atoms with E-state index in [1.54, 1.807) is 0 Å². The van der Waals surface area contributed by atoms with Gasteiger partial charge in [0, 0.05) is 41.9 Å². The number of hydrogen-bond acceptors (Lipinski definition) is 2. The zero-order valence-corrected chi connectivity index (χ0v) is 18.6. The van der Waals surface area contributed by atoms with Crippen molar-refractivity contribution < 1.29 is 4.79 Å². The molecule has 1 aromatic heterocycles. The number of aromatic nitrogens is 1. The molecule has 0 radical (unpaired) electrons. The number of fused-ring (bicyclic) bond motifs is 1. The first-order valence-corrected chi connectivity index (χ1v) is 10.7. The smallest absolute Gasteiger partial charge is 0.272 e. The second kappa shape index (κ2) is 8.73. The maximum atomic E-state index is 13.3. The van der Waals surface area contributed by atoms with Gasteiger partial charge in [0.2, 0.25) is 0 Å². The fraction of sp³-hybridized carbons (Fsp3) is 0.400. The molecule has 4 nitrogen and oxygen atoms in total. The van der Waals surface area contributed by atoms with Gasteiger partial charge in [-0.15, -0.1) is 0 Å². The molecule has 3 rings (SSSR count). The number of nitrogens with zero attached hydrogens (tertiary/aromatic N) is 2. The second-order valence-corrected chi connectivity index (χ2v) is 7.55. The van der Waals surface area contributed by atoms with Gasteiger partial charge in [0.05, 0.1) is 0 Å². The van der Waals surface area contributed by atoms with Crippen LogP contribution in [-0.2, 0) is 13.0 Å². The number of rotatable bonds is 7. The van der Waals surface area contributed by atoms with Gasteiger partial charge in [-0.3, -0.25) is 4.79 Å². The SMILES string of the molecule is CCc1ccc2c(c1)c(C)c(C(=O)Nc1ccc(N(CC)CC)cc1C)n2CC. The third-order valence-electron chi connectivity index (χ3n) is 5.91. The maximum absolute atomic E-state index is 13.3. The lowest BCUT2D eigenvalue weighted by Crippen LogP contribution is -2.22. The third kappa shape index (κ3) is 3.89. The summed E-state index contributed by atoms with van der Waals surface area (Å²) in [6.45, 7) is 15.4. The first-order valence-electron chi connectivity index (χ1n) is 10.7. The van der Waals surface area contributed by atoms with E-state index in [4.69, 9.17) is 0 Å². The summed E-state index contributed by atoms with van der Waals surface area (Å²) < 4.78 is 2.12. The van der Waals surface area contributed by atoms with Gasteiger partial charge in [-0.05, 0) is 88.1 Å². The van der Waals surface area contributed by atoms with Crippen LogP contribution in [0.1, 0.15) is 54.9 Å². The molecule has 0 aliphatic carbocycles. The van der Waals surface area contributed by atoms with Crippen LogP contribution < -0.4 is 10.2 Å². The van der Waals surface area contributed by atoms with Crippen molar-refractivity contribution >= 4 is 28.2 Å². The fourth-order valence-electron chi connectivity index (χ4n) is 4.17. The van der Waals surface area contributed by atoms with Crippen molar-refractivity contribution in [3.63, 3.8) is 0 Å². The molecular formula is C25H33N3O. The van der Waals surface area contributed by atoms with E-state index >= 15 is 0 Å². The van der Waals surface area contributed by atoms with Gasteiger partial charge in [0.1, 0.15) is 5.69 Å². The van der Waals surface area contributed by atoms with Gasteiger partial charge in [0.15, 0.2) is 0 Å². The summed E-state index contributed by atoms with van der Waals surface area (Å²) in [6, 6.07) is 12.8. The first kappa shape index (κ1) is 21.0. The largest absolute Gasteiger partial charge is 0.372 e. The highest BCUT2D eigenvalue weighted by Crippen LogP contribution is 2.29. The molecule has 1 amide bonds. The second-order valence-electron chi connectivity index (χ2n) is 7.55. The van der Waals surface area contributed by atoms with Crippen LogP contribution in [0.3, 0.4) is 0 Å². The lowest BCUT2D eigenvalue weighted by Gasteiger charge is -2.22. The van der Waals surface area contributed by atoms with Crippen LogP contribution in [0.4, 0.5) is 11.4 Å². The van der Waals surface area contributed by atoms with Gasteiger partial charge in [0.25, 0.3) is 5.91 Å². The summed E-state index contributed by atoms with van der Waals surface area (Å²) in [6.07, 6.45) is 0.992. The van der Waals surface area contributed by atoms with Crippen LogP contribution >= 0.6 is 0 Å². The molecule has 154 valence electrons. The van der Waals surface area contributed by atoms with Crippen LogP contribution in [-0.4, -0.2) is 23.6 Å². The Kier molecular flexibility index (Phi) is 6.31. The quantitative estimate of drug-likeness (QED) is 0.541. The lowest BCUT2D eigenvalue weighted by atomic mass is 10.1. The minimum Gasteiger partial charge on any atom is -0.372 e. The Morgan fingerprint density at radius 3 is 2.31 bits per heavy atom. The third-order valence-corrected chi connectivity index (χ3v) is 5.91. The number of carbonyl (C=O) groups excluding carboxylic acids is 1. The molecule has 4 heteroatoms. The van der Waals surface area contributed by atoms with Crippen molar-refractivity contribution in [3.8, 4) is 0 Å². The van der Waals surface area contributed by atoms with Crippen LogP contribution in [0.25, 0.3) is 10.9 Å². The van der Waals surface area contributed by atoms with E-state index < -0.39 is 0 Å². The van der Waals surface area contributed by atoms with Gasteiger partial charge in [-0.1, -0.05) is 13.0 Å². The van der Waals surface area contributed by atoms with E-state index in [1.807, 2.05) is 6.07 Å². The van der Waals surface area contributed by atoms with Gasteiger partial charge >= 0.3 is 0 Å². The summed E-state index contributed by atoms with van der Waals surface area (Å²) >= 11 is 0. The summed E-state index contributed by atoms with van der Waals surface area (Å²) in [5, 5.41) is 4.33. The van der Waals surface area contributed by atoms with Crippen molar-refractivity contribution in [3.05, 3.63) is 58.8 Å². The number of carbonyl (C=O) groups is 1. The molecule has 2 aromatic carbocycles. The zero-order valence-electron chi connectivity index (χ0n) is 18.6. The van der Waals surface area contributed by atoms with Gasteiger partial charge in [-0.25, -0.2) is 0 Å². The summed E-state index contributed by atoms with van der Waals surface area (Å²) in [5.74, 6) is -0.0442. The van der Waals surface area contributed by atoms with E-state index in [9.17, 15) is 4.79 Å². The molecule has 1 heterocycles. The standard InChI is InChI=1S/C25H33N3O/c1-7-19-11-14-23-21(16-19)18(6)24(28(23)10-4)25(29)26-22-13-12-20(15-17(22)5)27(8-2)9-3/h11-16H,7-10H2,1-6H3,(H,26,29). The molecule has 0 aliphatic rings.